The van der Waals surface area contributed by atoms with Crippen LogP contribution in [0, 0.1) is 0 Å². The Balaban J connectivity index is 1.94. The van der Waals surface area contributed by atoms with E-state index in [4.69, 9.17) is 0 Å². The number of nitrogens with two attached hydrogens (primary N) is 1. The summed E-state index contributed by atoms with van der Waals surface area (Å²) in [7, 11) is -3.08. The van der Waals surface area contributed by atoms with Gasteiger partial charge < -0.3 is 5.32 Å². The molecule has 1 aromatic carbocycles. The van der Waals surface area contributed by atoms with Crippen LogP contribution < -0.4 is 5.32 Å². The van der Waals surface area contributed by atoms with E-state index in [2.05, 4.69) is 5.32 Å². The first kappa shape index (κ1) is 12.6. The predicted octanol–water partition coefficient (Wildman–Crippen LogP) is 0.966. The standard InChI is InChI=1S/C13H19NO2S/c15-17(16,13-7-2-1-3-8-13)11-9-12-6-4-5-10-14-12/h1-3,7-8,12,14H,4-6,9-11H2/p+1/t12-/m0/s1. The minimum Gasteiger partial charge on any atom is -0.344 e. The lowest BCUT2D eigenvalue weighted by atomic mass is 10.0. The molecule has 1 heterocycles. The van der Waals surface area contributed by atoms with Gasteiger partial charge in [0.2, 0.25) is 0 Å². The number of hydrogen-bond donors (Lipinski definition) is 1. The summed E-state index contributed by atoms with van der Waals surface area (Å²) < 4.78 is 24.1. The lowest BCUT2D eigenvalue weighted by molar-refractivity contribution is -0.697. The Kier molecular flexibility index (Phi) is 4.18. The Labute approximate surface area is 103 Å². The monoisotopic (exact) mass is 254 g/mol. The molecule has 2 rings (SSSR count). The van der Waals surface area contributed by atoms with Crippen molar-refractivity contribution in [2.75, 3.05) is 12.3 Å². The number of hydrogen-bond acceptors (Lipinski definition) is 2. The lowest BCUT2D eigenvalue weighted by Crippen LogP contribution is -2.91. The van der Waals surface area contributed by atoms with Crippen LogP contribution in [0.5, 0.6) is 0 Å². The molecule has 1 fully saturated rings. The summed E-state index contributed by atoms with van der Waals surface area (Å²) in [5.74, 6) is 0.276. The van der Waals surface area contributed by atoms with E-state index in [-0.39, 0.29) is 5.75 Å². The largest absolute Gasteiger partial charge is 0.344 e. The molecule has 94 valence electrons. The van der Waals surface area contributed by atoms with Crippen LogP contribution in [-0.4, -0.2) is 26.8 Å². The maximum absolute atomic E-state index is 12.1. The molecule has 0 aromatic heterocycles. The zero-order valence-corrected chi connectivity index (χ0v) is 10.8. The van der Waals surface area contributed by atoms with Gasteiger partial charge in [-0.1, -0.05) is 18.2 Å². The fourth-order valence-electron chi connectivity index (χ4n) is 2.34. The molecule has 0 amide bonds. The summed E-state index contributed by atoms with van der Waals surface area (Å²) in [5, 5.41) is 2.30. The molecule has 1 saturated heterocycles. The number of quaternary nitrogens is 1. The van der Waals surface area contributed by atoms with E-state index in [1.807, 2.05) is 6.07 Å². The maximum atomic E-state index is 12.1. The van der Waals surface area contributed by atoms with Gasteiger partial charge in [0, 0.05) is 6.42 Å². The molecular formula is C13H20NO2S+. The Hall–Kier alpha value is -0.870. The molecule has 0 aliphatic carbocycles. The molecule has 3 nitrogen and oxygen atoms in total. The number of sulfone groups is 1. The quantitative estimate of drug-likeness (QED) is 0.870. The van der Waals surface area contributed by atoms with Crippen molar-refractivity contribution in [3.63, 3.8) is 0 Å². The second kappa shape index (κ2) is 5.65. The van der Waals surface area contributed by atoms with E-state index in [1.54, 1.807) is 24.3 Å². The molecule has 17 heavy (non-hydrogen) atoms. The highest BCUT2D eigenvalue weighted by atomic mass is 32.2. The van der Waals surface area contributed by atoms with Crippen molar-refractivity contribution in [1.82, 2.24) is 0 Å². The van der Waals surface area contributed by atoms with Gasteiger partial charge in [-0.2, -0.15) is 0 Å². The van der Waals surface area contributed by atoms with Gasteiger partial charge in [-0.25, -0.2) is 8.42 Å². The molecule has 0 spiro atoms. The van der Waals surface area contributed by atoms with E-state index in [0.29, 0.717) is 10.9 Å². The van der Waals surface area contributed by atoms with Crippen LogP contribution in [0.1, 0.15) is 25.7 Å². The molecular weight excluding hydrogens is 234 g/mol. The summed E-state index contributed by atoms with van der Waals surface area (Å²) in [5.41, 5.74) is 0. The third kappa shape index (κ3) is 3.54. The fourth-order valence-corrected chi connectivity index (χ4v) is 3.76. The zero-order chi connectivity index (χ0) is 12.1. The van der Waals surface area contributed by atoms with Gasteiger partial charge in [0.25, 0.3) is 0 Å². The van der Waals surface area contributed by atoms with E-state index in [1.165, 1.54) is 12.8 Å². The van der Waals surface area contributed by atoms with Crippen molar-refractivity contribution >= 4 is 9.84 Å². The first-order valence-electron chi connectivity index (χ1n) is 6.29. The van der Waals surface area contributed by atoms with Crippen LogP contribution in [0.3, 0.4) is 0 Å². The smallest absolute Gasteiger partial charge is 0.178 e. The van der Waals surface area contributed by atoms with Gasteiger partial charge in [-0.15, -0.1) is 0 Å². The molecule has 1 atom stereocenters. The average molecular weight is 254 g/mol. The molecule has 1 aliphatic heterocycles. The molecule has 1 aliphatic rings. The molecule has 2 N–H and O–H groups in total. The Morgan fingerprint density at radius 3 is 2.59 bits per heavy atom. The van der Waals surface area contributed by atoms with E-state index >= 15 is 0 Å². The molecule has 0 saturated carbocycles. The second-order valence-corrected chi connectivity index (χ2v) is 6.81. The van der Waals surface area contributed by atoms with Crippen LogP contribution >= 0.6 is 0 Å². The predicted molar refractivity (Wildman–Crippen MR) is 67.5 cm³/mol. The number of benzene rings is 1. The van der Waals surface area contributed by atoms with Gasteiger partial charge >= 0.3 is 0 Å². The van der Waals surface area contributed by atoms with Crippen molar-refractivity contribution in [1.29, 1.82) is 0 Å². The summed E-state index contributed by atoms with van der Waals surface area (Å²) >= 11 is 0. The topological polar surface area (TPSA) is 50.8 Å². The summed E-state index contributed by atoms with van der Waals surface area (Å²) in [6.07, 6.45) is 4.44. The van der Waals surface area contributed by atoms with Gasteiger partial charge in [0.15, 0.2) is 9.84 Å². The SMILES string of the molecule is O=S(=O)(CC[C@@H]1CCCC[NH2+]1)c1ccccc1. The highest BCUT2D eigenvalue weighted by Crippen LogP contribution is 2.13. The molecule has 0 radical (unpaired) electrons. The average Bonchev–Trinajstić information content (AvgIpc) is 2.39. The van der Waals surface area contributed by atoms with Crippen LogP contribution in [0.4, 0.5) is 0 Å². The van der Waals surface area contributed by atoms with Gasteiger partial charge in [0.1, 0.15) is 0 Å². The maximum Gasteiger partial charge on any atom is 0.178 e. The van der Waals surface area contributed by atoms with E-state index < -0.39 is 9.84 Å². The molecule has 0 bridgehead atoms. The third-order valence-corrected chi connectivity index (χ3v) is 5.15. The first-order valence-corrected chi connectivity index (χ1v) is 7.95. The zero-order valence-electron chi connectivity index (χ0n) is 10.0. The van der Waals surface area contributed by atoms with E-state index in [0.717, 1.165) is 19.4 Å². The summed E-state index contributed by atoms with van der Waals surface area (Å²) in [4.78, 5) is 0.454. The number of piperidine rings is 1. The Morgan fingerprint density at radius 1 is 1.18 bits per heavy atom. The Morgan fingerprint density at radius 2 is 1.94 bits per heavy atom. The minimum atomic E-state index is -3.08. The third-order valence-electron chi connectivity index (χ3n) is 3.39. The van der Waals surface area contributed by atoms with Gasteiger partial charge in [-0.05, 0) is 31.4 Å². The second-order valence-electron chi connectivity index (χ2n) is 4.70. The number of rotatable bonds is 4. The van der Waals surface area contributed by atoms with Gasteiger partial charge in [0.05, 0.1) is 23.2 Å². The highest BCUT2D eigenvalue weighted by molar-refractivity contribution is 7.91. The van der Waals surface area contributed by atoms with Crippen molar-refractivity contribution in [2.45, 2.75) is 36.6 Å². The van der Waals surface area contributed by atoms with Crippen LogP contribution in [0.15, 0.2) is 35.2 Å². The minimum absolute atomic E-state index is 0.276. The van der Waals surface area contributed by atoms with Crippen LogP contribution in [0.2, 0.25) is 0 Å². The van der Waals surface area contributed by atoms with Crippen molar-refractivity contribution in [3.8, 4) is 0 Å². The lowest BCUT2D eigenvalue weighted by Gasteiger charge is -2.19. The van der Waals surface area contributed by atoms with Crippen LogP contribution in [-0.2, 0) is 9.84 Å². The van der Waals surface area contributed by atoms with Crippen molar-refractivity contribution < 1.29 is 13.7 Å². The molecule has 0 unspecified atom stereocenters. The van der Waals surface area contributed by atoms with Crippen LogP contribution in [0.25, 0.3) is 0 Å². The summed E-state index contributed by atoms with van der Waals surface area (Å²) in [6, 6.07) is 9.26. The highest BCUT2D eigenvalue weighted by Gasteiger charge is 2.21. The normalized spacial score (nSPS) is 21.3. The van der Waals surface area contributed by atoms with Crippen molar-refractivity contribution in [2.24, 2.45) is 0 Å². The Bertz CT molecular complexity index is 436. The fraction of sp³-hybridized carbons (Fsp3) is 0.538. The van der Waals surface area contributed by atoms with Crippen molar-refractivity contribution in [3.05, 3.63) is 30.3 Å². The molecule has 1 aromatic rings. The van der Waals surface area contributed by atoms with E-state index in [9.17, 15) is 8.42 Å². The molecule has 4 heteroatoms. The van der Waals surface area contributed by atoms with Gasteiger partial charge in [-0.3, -0.25) is 0 Å². The summed E-state index contributed by atoms with van der Waals surface area (Å²) in [6.45, 7) is 1.15. The first-order chi connectivity index (χ1) is 8.18.